The predicted octanol–water partition coefficient (Wildman–Crippen LogP) is 3.23. The zero-order chi connectivity index (χ0) is 24.9. The number of aromatic nitrogens is 2. The van der Waals surface area contributed by atoms with Crippen molar-refractivity contribution in [3.63, 3.8) is 0 Å². The van der Waals surface area contributed by atoms with E-state index in [0.29, 0.717) is 24.1 Å². The molecule has 0 saturated carbocycles. The summed E-state index contributed by atoms with van der Waals surface area (Å²) in [6, 6.07) is 8.82. The molecule has 9 heteroatoms. The fraction of sp³-hybridized carbons (Fsp3) is 0.630. The van der Waals surface area contributed by atoms with Gasteiger partial charge in [-0.05, 0) is 49.3 Å². The van der Waals surface area contributed by atoms with E-state index < -0.39 is 0 Å². The number of aromatic amines is 1. The maximum Gasteiger partial charge on any atom is 0.277 e. The normalized spacial score (nSPS) is 20.6. The fourth-order valence-corrected chi connectivity index (χ4v) is 5.57. The molecule has 2 aromatic rings. The van der Waals surface area contributed by atoms with E-state index in [1.165, 1.54) is 11.3 Å². The molecule has 2 N–H and O–H groups in total. The molecule has 5 rings (SSSR count). The summed E-state index contributed by atoms with van der Waals surface area (Å²) in [6.45, 7) is 8.75. The van der Waals surface area contributed by atoms with Crippen LogP contribution in [0.1, 0.15) is 56.3 Å². The van der Waals surface area contributed by atoms with Gasteiger partial charge in [0.15, 0.2) is 0 Å². The molecular formula is C27H40N6O3. The van der Waals surface area contributed by atoms with Crippen LogP contribution < -0.4 is 25.8 Å². The smallest absolute Gasteiger partial charge is 0.277 e. The molecular weight excluding hydrogens is 456 g/mol. The number of hydrogen-bond donors (Lipinski definition) is 2. The molecule has 2 fully saturated rings. The van der Waals surface area contributed by atoms with Gasteiger partial charge in [-0.25, -0.2) is 10.4 Å². The average molecular weight is 497 g/mol. The van der Waals surface area contributed by atoms with Crippen LogP contribution in [0.5, 0.6) is 0 Å². The third kappa shape index (κ3) is 5.68. The molecule has 4 heterocycles. The number of nitrogens with one attached hydrogen (secondary N) is 2. The summed E-state index contributed by atoms with van der Waals surface area (Å²) >= 11 is 0. The van der Waals surface area contributed by atoms with Crippen molar-refractivity contribution in [1.29, 1.82) is 0 Å². The number of fused-ring (bicyclic) bond motifs is 1. The van der Waals surface area contributed by atoms with Crippen molar-refractivity contribution >= 4 is 17.3 Å². The summed E-state index contributed by atoms with van der Waals surface area (Å²) in [5.74, 6) is 1.31. The Labute approximate surface area is 213 Å². The van der Waals surface area contributed by atoms with Crippen LogP contribution >= 0.6 is 0 Å². The van der Waals surface area contributed by atoms with E-state index in [2.05, 4.69) is 51.4 Å². The monoisotopic (exact) mass is 496 g/mol. The van der Waals surface area contributed by atoms with E-state index in [1.807, 2.05) is 12.1 Å². The van der Waals surface area contributed by atoms with Crippen molar-refractivity contribution < 1.29 is 9.47 Å². The highest BCUT2D eigenvalue weighted by Crippen LogP contribution is 2.31. The molecule has 36 heavy (non-hydrogen) atoms. The molecule has 0 spiro atoms. The Morgan fingerprint density at radius 3 is 2.67 bits per heavy atom. The van der Waals surface area contributed by atoms with Gasteiger partial charge in [0.25, 0.3) is 5.56 Å². The first kappa shape index (κ1) is 25.0. The molecule has 1 aromatic heterocycles. The second-order valence-corrected chi connectivity index (χ2v) is 10.2. The van der Waals surface area contributed by atoms with Crippen molar-refractivity contribution in [1.82, 2.24) is 15.4 Å². The van der Waals surface area contributed by atoms with Crippen molar-refractivity contribution in [2.75, 3.05) is 67.9 Å². The molecule has 196 valence electrons. The van der Waals surface area contributed by atoms with E-state index in [0.717, 1.165) is 83.9 Å². The highest BCUT2D eigenvalue weighted by Gasteiger charge is 2.31. The lowest BCUT2D eigenvalue weighted by Gasteiger charge is -2.30. The second-order valence-electron chi connectivity index (χ2n) is 10.2. The van der Waals surface area contributed by atoms with Crippen LogP contribution in [0.15, 0.2) is 29.1 Å². The van der Waals surface area contributed by atoms with Crippen LogP contribution in [0.2, 0.25) is 0 Å². The Hall–Kier alpha value is -2.62. The number of anilines is 3. The topological polar surface area (TPSA) is 86.0 Å². The van der Waals surface area contributed by atoms with Crippen molar-refractivity contribution in [3.8, 4) is 0 Å². The van der Waals surface area contributed by atoms with Gasteiger partial charge >= 0.3 is 0 Å². The molecule has 0 bridgehead atoms. The van der Waals surface area contributed by atoms with Crippen molar-refractivity contribution in [3.05, 3.63) is 45.9 Å². The minimum atomic E-state index is -0.0817. The number of rotatable bonds is 9. The molecule has 0 radical (unpaired) electrons. The first-order chi connectivity index (χ1) is 17.6. The Morgan fingerprint density at radius 1 is 1.11 bits per heavy atom. The minimum Gasteiger partial charge on any atom is -0.381 e. The summed E-state index contributed by atoms with van der Waals surface area (Å²) in [5, 5.41) is 1.82. The van der Waals surface area contributed by atoms with Crippen LogP contribution in [0.4, 0.5) is 17.3 Å². The largest absolute Gasteiger partial charge is 0.381 e. The van der Waals surface area contributed by atoms with E-state index in [1.54, 1.807) is 0 Å². The highest BCUT2D eigenvalue weighted by molar-refractivity contribution is 5.55. The number of morpholine rings is 1. The van der Waals surface area contributed by atoms with Crippen LogP contribution in [0.25, 0.3) is 0 Å². The van der Waals surface area contributed by atoms with Crippen molar-refractivity contribution in [2.24, 2.45) is 5.92 Å². The third-order valence-corrected chi connectivity index (χ3v) is 7.61. The number of hydrogen-bond acceptors (Lipinski definition) is 8. The van der Waals surface area contributed by atoms with Crippen LogP contribution in [-0.2, 0) is 16.0 Å². The van der Waals surface area contributed by atoms with Gasteiger partial charge in [0.2, 0.25) is 5.95 Å². The summed E-state index contributed by atoms with van der Waals surface area (Å²) in [6.07, 6.45) is 5.22. The zero-order valence-electron chi connectivity index (χ0n) is 21.7. The number of nitrogens with zero attached hydrogens (tertiary/aromatic N) is 4. The quantitative estimate of drug-likeness (QED) is 0.547. The van der Waals surface area contributed by atoms with E-state index in [-0.39, 0.29) is 11.6 Å². The molecule has 0 amide bonds. The third-order valence-electron chi connectivity index (χ3n) is 7.61. The Kier molecular flexibility index (Phi) is 8.09. The SMILES string of the molecule is CCCC1NN(C)c2c1nc(N(CCC1CCOCC1)Cc1cccc(N3CCOCC3)c1)[nH]c2=O. The Bertz CT molecular complexity index is 1060. The Balaban J connectivity index is 1.42. The summed E-state index contributed by atoms with van der Waals surface area (Å²) in [4.78, 5) is 26.0. The first-order valence-corrected chi connectivity index (χ1v) is 13.5. The number of hydrazine groups is 1. The summed E-state index contributed by atoms with van der Waals surface area (Å²) in [7, 11) is 1.89. The van der Waals surface area contributed by atoms with Gasteiger partial charge in [0, 0.05) is 52.1 Å². The minimum absolute atomic E-state index is 0.0676. The van der Waals surface area contributed by atoms with Gasteiger partial charge in [0.05, 0.1) is 24.9 Å². The lowest BCUT2D eigenvalue weighted by Crippen LogP contribution is -2.36. The van der Waals surface area contributed by atoms with E-state index in [9.17, 15) is 4.79 Å². The standard InChI is InChI=1S/C27H40N6O3/c1-3-5-23-24-25(31(2)30-23)26(34)29-27(28-24)33(11-8-20-9-14-35-15-10-20)19-21-6-4-7-22(18-21)32-12-16-36-17-13-32/h4,6-7,18,20,23,30H,3,5,8-17,19H2,1-2H3,(H,28,29,34). The molecule has 3 aliphatic rings. The Morgan fingerprint density at radius 2 is 1.89 bits per heavy atom. The van der Waals surface area contributed by atoms with Gasteiger partial charge in [-0.1, -0.05) is 25.5 Å². The highest BCUT2D eigenvalue weighted by atomic mass is 16.5. The maximum atomic E-state index is 13.2. The van der Waals surface area contributed by atoms with Gasteiger partial charge in [0.1, 0.15) is 5.69 Å². The van der Waals surface area contributed by atoms with Crippen molar-refractivity contribution in [2.45, 2.75) is 51.6 Å². The van der Waals surface area contributed by atoms with Gasteiger partial charge in [-0.3, -0.25) is 9.78 Å². The molecule has 9 nitrogen and oxygen atoms in total. The number of benzene rings is 1. The van der Waals surface area contributed by atoms with Gasteiger partial charge in [-0.15, -0.1) is 0 Å². The molecule has 1 atom stereocenters. The zero-order valence-corrected chi connectivity index (χ0v) is 21.7. The number of H-pyrrole nitrogens is 1. The first-order valence-electron chi connectivity index (χ1n) is 13.5. The van der Waals surface area contributed by atoms with Crippen LogP contribution in [0.3, 0.4) is 0 Å². The van der Waals surface area contributed by atoms with E-state index in [4.69, 9.17) is 14.5 Å². The van der Waals surface area contributed by atoms with Crippen LogP contribution in [-0.4, -0.2) is 63.1 Å². The molecule has 1 aromatic carbocycles. The number of ether oxygens (including phenoxy) is 2. The average Bonchev–Trinajstić information content (AvgIpc) is 3.23. The van der Waals surface area contributed by atoms with E-state index >= 15 is 0 Å². The second kappa shape index (κ2) is 11.6. The lowest BCUT2D eigenvalue weighted by atomic mass is 9.96. The molecule has 2 saturated heterocycles. The van der Waals surface area contributed by atoms with Gasteiger partial charge in [-0.2, -0.15) is 0 Å². The summed E-state index contributed by atoms with van der Waals surface area (Å²) < 4.78 is 11.1. The molecule has 0 aliphatic carbocycles. The summed E-state index contributed by atoms with van der Waals surface area (Å²) in [5.41, 5.74) is 7.26. The van der Waals surface area contributed by atoms with Gasteiger partial charge < -0.3 is 24.3 Å². The maximum absolute atomic E-state index is 13.2. The lowest BCUT2D eigenvalue weighted by molar-refractivity contribution is 0.0644. The van der Waals surface area contributed by atoms with Crippen LogP contribution in [0, 0.1) is 5.92 Å². The predicted molar refractivity (Wildman–Crippen MR) is 143 cm³/mol. The molecule has 1 unspecified atom stereocenters. The molecule has 3 aliphatic heterocycles. The fourth-order valence-electron chi connectivity index (χ4n) is 5.57.